The van der Waals surface area contributed by atoms with Gasteiger partial charge in [-0.25, -0.2) is 0 Å². The van der Waals surface area contributed by atoms with Crippen LogP contribution in [0.1, 0.15) is 15.9 Å². The molecule has 0 aliphatic rings. The lowest BCUT2D eigenvalue weighted by Crippen LogP contribution is -2.29. The first-order valence-electron chi connectivity index (χ1n) is 8.21. The largest absolute Gasteiger partial charge is 0.361 e. The molecule has 0 saturated heterocycles. The van der Waals surface area contributed by atoms with Crippen LogP contribution in [0.3, 0.4) is 0 Å². The van der Waals surface area contributed by atoms with Crippen LogP contribution in [-0.2, 0) is 6.42 Å². The van der Waals surface area contributed by atoms with Crippen molar-refractivity contribution < 1.29 is 4.79 Å². The van der Waals surface area contributed by atoms with Gasteiger partial charge in [-0.2, -0.15) is 0 Å². The third-order valence-electron chi connectivity index (χ3n) is 4.34. The van der Waals surface area contributed by atoms with Crippen LogP contribution in [0.4, 0.5) is 0 Å². The predicted molar refractivity (Wildman–Crippen MR) is 99.5 cm³/mol. The van der Waals surface area contributed by atoms with E-state index >= 15 is 0 Å². The molecule has 0 atom stereocenters. The molecule has 26 heavy (non-hydrogen) atoms. The lowest BCUT2D eigenvalue weighted by molar-refractivity contribution is 0.0954. The highest BCUT2D eigenvalue weighted by Gasteiger charge is 2.09. The van der Waals surface area contributed by atoms with Crippen LogP contribution in [0.15, 0.2) is 58.3 Å². The first-order chi connectivity index (χ1) is 12.6. The van der Waals surface area contributed by atoms with E-state index in [4.69, 9.17) is 0 Å². The van der Waals surface area contributed by atoms with Gasteiger partial charge in [-0.3, -0.25) is 14.4 Å². The molecule has 2 aromatic carbocycles. The van der Waals surface area contributed by atoms with Crippen LogP contribution in [-0.4, -0.2) is 27.4 Å². The van der Waals surface area contributed by atoms with E-state index in [1.54, 1.807) is 18.2 Å². The van der Waals surface area contributed by atoms with E-state index in [-0.39, 0.29) is 5.91 Å². The average Bonchev–Trinajstić information content (AvgIpc) is 3.05. The summed E-state index contributed by atoms with van der Waals surface area (Å²) in [6, 6.07) is 12.8. The minimum absolute atomic E-state index is 0.237. The van der Waals surface area contributed by atoms with Crippen molar-refractivity contribution in [2.75, 3.05) is 6.54 Å². The number of amides is 1. The highest BCUT2D eigenvalue weighted by atomic mass is 16.2. The summed E-state index contributed by atoms with van der Waals surface area (Å²) in [7, 11) is 0. The van der Waals surface area contributed by atoms with Crippen molar-refractivity contribution >= 4 is 27.8 Å². The van der Waals surface area contributed by atoms with Crippen LogP contribution in [0.2, 0.25) is 0 Å². The van der Waals surface area contributed by atoms with Gasteiger partial charge in [0.25, 0.3) is 5.91 Å². The lowest BCUT2D eigenvalue weighted by atomic mass is 10.1. The standard InChI is InChI=1S/C19H16N4O3/c24-17(11-5-6-15-16(9-11)23-19(26)18(25)22-15)20-8-7-12-10-21-14-4-2-1-3-13(12)14/h1-6,9-10,21H,7-8H2,(H,20,24)(H,22,25)(H,23,26). The zero-order chi connectivity index (χ0) is 18.1. The van der Waals surface area contributed by atoms with Gasteiger partial charge in [-0.15, -0.1) is 0 Å². The number of hydrogen-bond donors (Lipinski definition) is 4. The fourth-order valence-electron chi connectivity index (χ4n) is 3.01. The lowest BCUT2D eigenvalue weighted by Gasteiger charge is -2.06. The van der Waals surface area contributed by atoms with E-state index < -0.39 is 11.1 Å². The molecule has 130 valence electrons. The Morgan fingerprint density at radius 2 is 1.69 bits per heavy atom. The molecule has 0 fully saturated rings. The van der Waals surface area contributed by atoms with Crippen molar-refractivity contribution in [3.63, 3.8) is 0 Å². The number of H-pyrrole nitrogens is 3. The molecular formula is C19H16N4O3. The smallest absolute Gasteiger partial charge is 0.314 e. The molecular weight excluding hydrogens is 332 g/mol. The first kappa shape index (κ1) is 15.9. The second-order valence-electron chi connectivity index (χ2n) is 6.03. The van der Waals surface area contributed by atoms with E-state index in [1.807, 2.05) is 30.5 Å². The summed E-state index contributed by atoms with van der Waals surface area (Å²) in [5.41, 5.74) is 2.06. The Morgan fingerprint density at radius 3 is 2.54 bits per heavy atom. The quantitative estimate of drug-likeness (QED) is 0.421. The number of rotatable bonds is 4. The second kappa shape index (κ2) is 6.36. The van der Waals surface area contributed by atoms with Crippen molar-refractivity contribution in [3.05, 3.63) is 80.5 Å². The topological polar surface area (TPSA) is 111 Å². The van der Waals surface area contributed by atoms with Gasteiger partial charge in [-0.05, 0) is 36.2 Å². The molecule has 7 heteroatoms. The molecule has 4 N–H and O–H groups in total. The summed E-state index contributed by atoms with van der Waals surface area (Å²) in [4.78, 5) is 43.2. The van der Waals surface area contributed by atoms with Crippen LogP contribution in [0, 0.1) is 0 Å². The normalized spacial score (nSPS) is 11.1. The van der Waals surface area contributed by atoms with Crippen molar-refractivity contribution in [1.29, 1.82) is 0 Å². The third kappa shape index (κ3) is 2.90. The van der Waals surface area contributed by atoms with Gasteiger partial charge in [0.15, 0.2) is 0 Å². The number of carbonyl (C=O) groups excluding carboxylic acids is 1. The molecule has 1 amide bonds. The first-order valence-corrected chi connectivity index (χ1v) is 8.21. The monoisotopic (exact) mass is 348 g/mol. The Kier molecular flexibility index (Phi) is 3.89. The Morgan fingerprint density at radius 1 is 0.923 bits per heavy atom. The Balaban J connectivity index is 1.48. The minimum atomic E-state index is -0.741. The summed E-state index contributed by atoms with van der Waals surface area (Å²) < 4.78 is 0. The summed E-state index contributed by atoms with van der Waals surface area (Å²) in [6.45, 7) is 0.487. The number of para-hydroxylation sites is 1. The van der Waals surface area contributed by atoms with E-state index in [1.165, 1.54) is 0 Å². The summed E-state index contributed by atoms with van der Waals surface area (Å²) in [5.74, 6) is -0.237. The van der Waals surface area contributed by atoms with Crippen molar-refractivity contribution in [2.45, 2.75) is 6.42 Å². The van der Waals surface area contributed by atoms with E-state index in [0.29, 0.717) is 29.6 Å². The van der Waals surface area contributed by atoms with Gasteiger partial charge in [0, 0.05) is 29.2 Å². The van der Waals surface area contributed by atoms with Crippen LogP contribution < -0.4 is 16.4 Å². The number of benzene rings is 2. The number of fused-ring (bicyclic) bond motifs is 2. The molecule has 2 aromatic heterocycles. The molecule has 0 bridgehead atoms. The van der Waals surface area contributed by atoms with Gasteiger partial charge in [0.05, 0.1) is 11.0 Å². The molecule has 0 spiro atoms. The predicted octanol–water partition coefficient (Wildman–Crippen LogP) is 1.67. The van der Waals surface area contributed by atoms with Crippen molar-refractivity contribution in [2.24, 2.45) is 0 Å². The SMILES string of the molecule is O=C(NCCc1c[nH]c2ccccc12)c1ccc2[nH]c(=O)c(=O)[nH]c2c1. The van der Waals surface area contributed by atoms with Gasteiger partial charge in [0.1, 0.15) is 0 Å². The Bertz CT molecular complexity index is 1230. The molecule has 0 radical (unpaired) electrons. The minimum Gasteiger partial charge on any atom is -0.361 e. The Hall–Kier alpha value is -3.61. The second-order valence-corrected chi connectivity index (χ2v) is 6.03. The number of nitrogens with one attached hydrogen (secondary N) is 4. The molecule has 2 heterocycles. The van der Waals surface area contributed by atoms with Crippen LogP contribution >= 0.6 is 0 Å². The van der Waals surface area contributed by atoms with Crippen molar-refractivity contribution in [3.8, 4) is 0 Å². The maximum atomic E-state index is 12.3. The fraction of sp³-hybridized carbons (Fsp3) is 0.105. The summed E-state index contributed by atoms with van der Waals surface area (Å²) >= 11 is 0. The zero-order valence-corrected chi connectivity index (χ0v) is 13.8. The highest BCUT2D eigenvalue weighted by Crippen LogP contribution is 2.17. The highest BCUT2D eigenvalue weighted by molar-refractivity contribution is 5.97. The number of aromatic nitrogens is 3. The maximum Gasteiger partial charge on any atom is 0.314 e. The summed E-state index contributed by atoms with van der Waals surface area (Å²) in [5, 5.41) is 4.02. The van der Waals surface area contributed by atoms with E-state index in [9.17, 15) is 14.4 Å². The van der Waals surface area contributed by atoms with Gasteiger partial charge >= 0.3 is 11.1 Å². The fourth-order valence-corrected chi connectivity index (χ4v) is 3.01. The van der Waals surface area contributed by atoms with Gasteiger partial charge in [0.2, 0.25) is 0 Å². The molecule has 0 unspecified atom stereocenters. The molecule has 0 saturated carbocycles. The van der Waals surface area contributed by atoms with Gasteiger partial charge in [-0.1, -0.05) is 18.2 Å². The molecule has 4 rings (SSSR count). The number of aromatic amines is 3. The summed E-state index contributed by atoms with van der Waals surface area (Å²) in [6.07, 6.45) is 2.65. The van der Waals surface area contributed by atoms with E-state index in [2.05, 4.69) is 20.3 Å². The molecule has 4 aromatic rings. The molecule has 0 aliphatic heterocycles. The molecule has 0 aliphatic carbocycles. The average molecular weight is 348 g/mol. The maximum absolute atomic E-state index is 12.3. The van der Waals surface area contributed by atoms with Crippen molar-refractivity contribution in [1.82, 2.24) is 20.3 Å². The zero-order valence-electron chi connectivity index (χ0n) is 13.8. The number of carbonyl (C=O) groups is 1. The van der Waals surface area contributed by atoms with Crippen LogP contribution in [0.5, 0.6) is 0 Å². The number of hydrogen-bond acceptors (Lipinski definition) is 3. The van der Waals surface area contributed by atoms with E-state index in [0.717, 1.165) is 16.5 Å². The van der Waals surface area contributed by atoms with Crippen LogP contribution in [0.25, 0.3) is 21.9 Å². The molecule has 7 nitrogen and oxygen atoms in total. The Labute approximate surface area is 147 Å². The van der Waals surface area contributed by atoms with Gasteiger partial charge < -0.3 is 20.3 Å². The third-order valence-corrected chi connectivity index (χ3v) is 4.34.